The van der Waals surface area contributed by atoms with Gasteiger partial charge < -0.3 is 5.32 Å². The standard InChI is InChI=1S/C21H34N2O3S/c1-13(2)18(7)22-21(24)19-8-10-23(11-9-19)27(25,26)20-16(5)14(3)12-15(4)17(20)6/h12-13,18-19H,8-11H2,1-7H3,(H,22,24). The van der Waals surface area contributed by atoms with Gasteiger partial charge in [-0.3, -0.25) is 4.79 Å². The molecule has 1 fully saturated rings. The second-order valence-electron chi connectivity index (χ2n) is 8.31. The number of piperidine rings is 1. The van der Waals surface area contributed by atoms with E-state index in [1.165, 1.54) is 0 Å². The number of nitrogens with zero attached hydrogens (tertiary/aromatic N) is 1. The Labute approximate surface area is 164 Å². The van der Waals surface area contributed by atoms with Crippen LogP contribution >= 0.6 is 0 Å². The van der Waals surface area contributed by atoms with Crippen molar-refractivity contribution in [2.75, 3.05) is 13.1 Å². The molecule has 1 amide bonds. The molecular weight excluding hydrogens is 360 g/mol. The number of hydrogen-bond donors (Lipinski definition) is 1. The second-order valence-corrected chi connectivity index (χ2v) is 10.2. The van der Waals surface area contributed by atoms with Crippen molar-refractivity contribution >= 4 is 15.9 Å². The number of hydrogen-bond acceptors (Lipinski definition) is 3. The van der Waals surface area contributed by atoms with Crippen molar-refractivity contribution in [3.8, 4) is 0 Å². The Balaban J connectivity index is 2.15. The number of rotatable bonds is 5. The zero-order chi connectivity index (χ0) is 20.5. The molecule has 0 saturated carbocycles. The van der Waals surface area contributed by atoms with Crippen molar-refractivity contribution in [1.82, 2.24) is 9.62 Å². The highest BCUT2D eigenvalue weighted by atomic mass is 32.2. The third-order valence-electron chi connectivity index (χ3n) is 6.09. The Morgan fingerprint density at radius 2 is 1.52 bits per heavy atom. The van der Waals surface area contributed by atoms with Gasteiger partial charge in [0.25, 0.3) is 0 Å². The topological polar surface area (TPSA) is 66.5 Å². The van der Waals surface area contributed by atoms with Gasteiger partial charge in [-0.15, -0.1) is 0 Å². The van der Waals surface area contributed by atoms with E-state index in [4.69, 9.17) is 0 Å². The third kappa shape index (κ3) is 4.54. The minimum atomic E-state index is -3.55. The lowest BCUT2D eigenvalue weighted by Gasteiger charge is -2.32. The van der Waals surface area contributed by atoms with Crippen LogP contribution in [0, 0.1) is 39.5 Å². The average Bonchev–Trinajstić information content (AvgIpc) is 2.60. The van der Waals surface area contributed by atoms with Crippen LogP contribution in [0.3, 0.4) is 0 Å². The molecule has 1 aliphatic rings. The van der Waals surface area contributed by atoms with E-state index in [2.05, 4.69) is 19.2 Å². The minimum Gasteiger partial charge on any atom is -0.353 e. The molecule has 1 N–H and O–H groups in total. The highest BCUT2D eigenvalue weighted by Crippen LogP contribution is 2.31. The zero-order valence-electron chi connectivity index (χ0n) is 17.7. The van der Waals surface area contributed by atoms with Crippen LogP contribution in [0.2, 0.25) is 0 Å². The summed E-state index contributed by atoms with van der Waals surface area (Å²) in [5.74, 6) is 0.316. The lowest BCUT2D eigenvalue weighted by atomic mass is 9.96. The predicted octanol–water partition coefficient (Wildman–Crippen LogP) is 3.48. The Morgan fingerprint density at radius 3 is 1.96 bits per heavy atom. The van der Waals surface area contributed by atoms with Crippen molar-refractivity contribution < 1.29 is 13.2 Å². The summed E-state index contributed by atoms with van der Waals surface area (Å²) in [6.45, 7) is 14.6. The van der Waals surface area contributed by atoms with E-state index in [9.17, 15) is 13.2 Å². The third-order valence-corrected chi connectivity index (χ3v) is 8.26. The lowest BCUT2D eigenvalue weighted by Crippen LogP contribution is -2.46. The molecule has 0 radical (unpaired) electrons. The van der Waals surface area contributed by atoms with E-state index in [0.29, 0.717) is 36.7 Å². The minimum absolute atomic E-state index is 0.0482. The van der Waals surface area contributed by atoms with Crippen molar-refractivity contribution in [1.29, 1.82) is 0 Å². The SMILES string of the molecule is Cc1cc(C)c(C)c(S(=O)(=O)N2CCC(C(=O)NC(C)C(C)C)CC2)c1C. The molecule has 152 valence electrons. The molecule has 2 rings (SSSR count). The second kappa shape index (κ2) is 8.31. The van der Waals surface area contributed by atoms with E-state index < -0.39 is 10.0 Å². The largest absolute Gasteiger partial charge is 0.353 e. The molecule has 1 aromatic carbocycles. The summed E-state index contributed by atoms with van der Waals surface area (Å²) < 4.78 is 28.2. The van der Waals surface area contributed by atoms with Crippen LogP contribution in [0.5, 0.6) is 0 Å². The maximum Gasteiger partial charge on any atom is 0.243 e. The summed E-state index contributed by atoms with van der Waals surface area (Å²) in [4.78, 5) is 12.9. The molecule has 0 aliphatic carbocycles. The normalized spacial score (nSPS) is 17.9. The molecule has 1 unspecified atom stereocenters. The van der Waals surface area contributed by atoms with E-state index in [1.54, 1.807) is 4.31 Å². The number of aryl methyl sites for hydroxylation is 2. The van der Waals surface area contributed by atoms with Gasteiger partial charge in [0.1, 0.15) is 0 Å². The fraction of sp³-hybridized carbons (Fsp3) is 0.667. The maximum absolute atomic E-state index is 13.3. The Bertz CT molecular complexity index is 781. The van der Waals surface area contributed by atoms with Gasteiger partial charge in [-0.1, -0.05) is 19.9 Å². The van der Waals surface area contributed by atoms with Crippen LogP contribution in [-0.2, 0) is 14.8 Å². The number of amides is 1. The van der Waals surface area contributed by atoms with Crippen molar-refractivity contribution in [3.05, 3.63) is 28.3 Å². The predicted molar refractivity (Wildman–Crippen MR) is 109 cm³/mol. The number of sulfonamides is 1. The molecule has 1 heterocycles. The number of carbonyl (C=O) groups is 1. The van der Waals surface area contributed by atoms with Crippen LogP contribution < -0.4 is 5.32 Å². The molecule has 0 bridgehead atoms. The molecule has 6 heteroatoms. The molecule has 27 heavy (non-hydrogen) atoms. The first kappa shape index (κ1) is 21.9. The Kier molecular flexibility index (Phi) is 6.74. The van der Waals surface area contributed by atoms with E-state index >= 15 is 0 Å². The van der Waals surface area contributed by atoms with Gasteiger partial charge >= 0.3 is 0 Å². The average molecular weight is 395 g/mol. The molecule has 1 atom stereocenters. The summed E-state index contributed by atoms with van der Waals surface area (Å²) in [7, 11) is -3.55. The smallest absolute Gasteiger partial charge is 0.243 e. The van der Waals surface area contributed by atoms with Crippen molar-refractivity contribution in [2.24, 2.45) is 11.8 Å². The first-order valence-corrected chi connectivity index (χ1v) is 11.3. The highest BCUT2D eigenvalue weighted by molar-refractivity contribution is 7.89. The summed E-state index contributed by atoms with van der Waals surface area (Å²) in [6, 6.07) is 2.16. The van der Waals surface area contributed by atoms with E-state index in [0.717, 1.165) is 22.3 Å². The molecule has 1 aromatic rings. The molecule has 0 aromatic heterocycles. The Hall–Kier alpha value is -1.40. The van der Waals surface area contributed by atoms with Gasteiger partial charge in [0, 0.05) is 25.0 Å². The number of carbonyl (C=O) groups excluding carboxylic acids is 1. The van der Waals surface area contributed by atoms with Gasteiger partial charge in [-0.25, -0.2) is 8.42 Å². The highest BCUT2D eigenvalue weighted by Gasteiger charge is 2.34. The van der Waals surface area contributed by atoms with Crippen LogP contribution in [-0.4, -0.2) is 37.8 Å². The fourth-order valence-corrected chi connectivity index (χ4v) is 5.61. The molecule has 0 spiro atoms. The summed E-state index contributed by atoms with van der Waals surface area (Å²) in [5, 5.41) is 3.06. The van der Waals surface area contributed by atoms with Crippen molar-refractivity contribution in [2.45, 2.75) is 72.2 Å². The summed E-state index contributed by atoms with van der Waals surface area (Å²) in [5.41, 5.74) is 3.63. The Morgan fingerprint density at radius 1 is 1.04 bits per heavy atom. The monoisotopic (exact) mass is 394 g/mol. The van der Waals surface area contributed by atoms with Crippen molar-refractivity contribution in [3.63, 3.8) is 0 Å². The van der Waals surface area contributed by atoms with Crippen LogP contribution in [0.25, 0.3) is 0 Å². The lowest BCUT2D eigenvalue weighted by molar-refractivity contribution is -0.127. The molecule has 1 saturated heterocycles. The summed E-state index contributed by atoms with van der Waals surface area (Å²) in [6.07, 6.45) is 1.14. The van der Waals surface area contributed by atoms with Gasteiger partial charge in [0.15, 0.2) is 0 Å². The maximum atomic E-state index is 13.3. The summed E-state index contributed by atoms with van der Waals surface area (Å²) >= 11 is 0. The van der Waals surface area contributed by atoms with Crippen LogP contribution in [0.1, 0.15) is 55.9 Å². The first-order chi connectivity index (χ1) is 12.5. The van der Waals surface area contributed by atoms with Gasteiger partial charge in [0.05, 0.1) is 4.90 Å². The van der Waals surface area contributed by atoms with Gasteiger partial charge in [-0.05, 0) is 75.6 Å². The van der Waals surface area contributed by atoms with Crippen LogP contribution in [0.15, 0.2) is 11.0 Å². The first-order valence-electron chi connectivity index (χ1n) is 9.84. The zero-order valence-corrected chi connectivity index (χ0v) is 18.5. The van der Waals surface area contributed by atoms with Crippen LogP contribution in [0.4, 0.5) is 0 Å². The number of benzene rings is 1. The van der Waals surface area contributed by atoms with E-state index in [1.807, 2.05) is 40.7 Å². The van der Waals surface area contributed by atoms with Gasteiger partial charge in [0.2, 0.25) is 15.9 Å². The molecule has 1 aliphatic heterocycles. The number of nitrogens with one attached hydrogen (secondary N) is 1. The fourth-order valence-electron chi connectivity index (χ4n) is 3.56. The molecule has 5 nitrogen and oxygen atoms in total. The molecular formula is C21H34N2O3S. The van der Waals surface area contributed by atoms with E-state index in [-0.39, 0.29) is 17.9 Å². The van der Waals surface area contributed by atoms with Gasteiger partial charge in [-0.2, -0.15) is 4.31 Å². The quantitative estimate of drug-likeness (QED) is 0.831.